The molecule has 68 valence electrons. The van der Waals surface area contributed by atoms with Gasteiger partial charge >= 0.3 is 0 Å². The molecule has 0 aliphatic heterocycles. The Labute approximate surface area is 69.4 Å². The van der Waals surface area contributed by atoms with Gasteiger partial charge in [-0.3, -0.25) is 0 Å². The number of rotatable bonds is 4. The molecule has 0 N–H and O–H groups in total. The van der Waals surface area contributed by atoms with Gasteiger partial charge in [0, 0.05) is 13.1 Å². The molecule has 0 rings (SSSR count). The average molecular weight is 179 g/mol. The first-order valence-corrected chi connectivity index (χ1v) is 5.52. The fraction of sp³-hybridized carbons (Fsp3) is 1.00. The Morgan fingerprint density at radius 3 is 2.09 bits per heavy atom. The highest BCUT2D eigenvalue weighted by atomic mass is 32.2. The molecule has 0 heterocycles. The van der Waals surface area contributed by atoms with E-state index in [9.17, 15) is 8.42 Å². The highest BCUT2D eigenvalue weighted by Gasteiger charge is 2.19. The van der Waals surface area contributed by atoms with E-state index >= 15 is 0 Å². The SMILES string of the molecule is CCC(C)N(C)S(=O)(=O)CC. The van der Waals surface area contributed by atoms with Crippen LogP contribution in [0, 0.1) is 0 Å². The molecule has 1 atom stereocenters. The van der Waals surface area contributed by atoms with Crippen LogP contribution in [0.4, 0.5) is 0 Å². The van der Waals surface area contributed by atoms with E-state index in [-0.39, 0.29) is 11.8 Å². The lowest BCUT2D eigenvalue weighted by atomic mass is 10.3. The van der Waals surface area contributed by atoms with Crippen LogP contribution >= 0.6 is 0 Å². The predicted octanol–water partition coefficient (Wildman–Crippen LogP) is 1.07. The maximum Gasteiger partial charge on any atom is 0.213 e. The summed E-state index contributed by atoms with van der Waals surface area (Å²) in [7, 11) is -1.34. The van der Waals surface area contributed by atoms with Crippen LogP contribution in [0.3, 0.4) is 0 Å². The molecule has 0 bridgehead atoms. The molecular formula is C7H17NO2S. The van der Waals surface area contributed by atoms with E-state index in [1.165, 1.54) is 4.31 Å². The lowest BCUT2D eigenvalue weighted by Crippen LogP contribution is -2.35. The van der Waals surface area contributed by atoms with Crippen molar-refractivity contribution in [2.24, 2.45) is 0 Å². The third kappa shape index (κ3) is 2.79. The summed E-state index contributed by atoms with van der Waals surface area (Å²) in [5.74, 6) is 0.188. The second-order valence-corrected chi connectivity index (χ2v) is 4.99. The number of hydrogen-bond donors (Lipinski definition) is 0. The minimum absolute atomic E-state index is 0.111. The Morgan fingerprint density at radius 1 is 1.36 bits per heavy atom. The predicted molar refractivity (Wildman–Crippen MR) is 47.0 cm³/mol. The van der Waals surface area contributed by atoms with Crippen LogP contribution in [-0.2, 0) is 10.0 Å². The summed E-state index contributed by atoms with van der Waals surface area (Å²) < 4.78 is 23.9. The minimum Gasteiger partial charge on any atom is -0.212 e. The highest BCUT2D eigenvalue weighted by molar-refractivity contribution is 7.89. The first-order valence-electron chi connectivity index (χ1n) is 3.91. The van der Waals surface area contributed by atoms with Gasteiger partial charge < -0.3 is 0 Å². The van der Waals surface area contributed by atoms with Crippen LogP contribution in [0.5, 0.6) is 0 Å². The van der Waals surface area contributed by atoms with Gasteiger partial charge in [0.15, 0.2) is 0 Å². The molecule has 0 aromatic rings. The summed E-state index contributed by atoms with van der Waals surface area (Å²) in [5, 5.41) is 0. The molecule has 0 amide bonds. The number of hydrogen-bond acceptors (Lipinski definition) is 2. The molecule has 0 radical (unpaired) electrons. The van der Waals surface area contributed by atoms with Gasteiger partial charge in [-0.1, -0.05) is 6.92 Å². The van der Waals surface area contributed by atoms with Crippen molar-refractivity contribution < 1.29 is 8.42 Å². The third-order valence-corrected chi connectivity index (χ3v) is 3.98. The van der Waals surface area contributed by atoms with E-state index in [2.05, 4.69) is 0 Å². The molecule has 3 nitrogen and oxygen atoms in total. The molecule has 4 heteroatoms. The zero-order valence-corrected chi connectivity index (χ0v) is 8.48. The molecule has 0 aliphatic carbocycles. The van der Waals surface area contributed by atoms with Gasteiger partial charge in [0.1, 0.15) is 0 Å². The van der Waals surface area contributed by atoms with Gasteiger partial charge in [-0.2, -0.15) is 0 Å². The van der Waals surface area contributed by atoms with Crippen LogP contribution in [0.25, 0.3) is 0 Å². The van der Waals surface area contributed by atoms with E-state index in [0.29, 0.717) is 0 Å². The normalized spacial score (nSPS) is 15.4. The van der Waals surface area contributed by atoms with Crippen molar-refractivity contribution in [3.63, 3.8) is 0 Å². The first kappa shape index (κ1) is 10.9. The Hall–Kier alpha value is -0.0900. The van der Waals surface area contributed by atoms with E-state index < -0.39 is 10.0 Å². The van der Waals surface area contributed by atoms with Crippen molar-refractivity contribution in [1.82, 2.24) is 4.31 Å². The minimum atomic E-state index is -2.98. The molecule has 0 aromatic heterocycles. The molecular weight excluding hydrogens is 162 g/mol. The van der Waals surface area contributed by atoms with Crippen molar-refractivity contribution in [2.45, 2.75) is 33.2 Å². The zero-order valence-electron chi connectivity index (χ0n) is 7.66. The van der Waals surface area contributed by atoms with Gasteiger partial charge in [-0.25, -0.2) is 12.7 Å². The Balaban J connectivity index is 4.36. The van der Waals surface area contributed by atoms with E-state index in [0.717, 1.165) is 6.42 Å². The van der Waals surface area contributed by atoms with Crippen molar-refractivity contribution in [2.75, 3.05) is 12.8 Å². The summed E-state index contributed by atoms with van der Waals surface area (Å²) in [5.41, 5.74) is 0. The summed E-state index contributed by atoms with van der Waals surface area (Å²) in [6.45, 7) is 5.55. The topological polar surface area (TPSA) is 37.4 Å². The van der Waals surface area contributed by atoms with Gasteiger partial charge in [0.2, 0.25) is 10.0 Å². The molecule has 0 fully saturated rings. The number of sulfonamides is 1. The maximum atomic E-state index is 11.2. The first-order chi connectivity index (χ1) is 4.95. The van der Waals surface area contributed by atoms with Crippen LogP contribution < -0.4 is 0 Å². The lowest BCUT2D eigenvalue weighted by molar-refractivity contribution is 0.381. The van der Waals surface area contributed by atoms with Gasteiger partial charge in [0.05, 0.1) is 5.75 Å². The molecule has 1 unspecified atom stereocenters. The summed E-state index contributed by atoms with van der Waals surface area (Å²) in [4.78, 5) is 0. The summed E-state index contributed by atoms with van der Waals surface area (Å²) in [6, 6.07) is 0.111. The lowest BCUT2D eigenvalue weighted by Gasteiger charge is -2.22. The maximum absolute atomic E-state index is 11.2. The van der Waals surface area contributed by atoms with Gasteiger partial charge in [-0.15, -0.1) is 0 Å². The molecule has 0 aliphatic rings. The van der Waals surface area contributed by atoms with Gasteiger partial charge in [0.25, 0.3) is 0 Å². The average Bonchev–Trinajstić information content (AvgIpc) is 2.01. The zero-order chi connectivity index (χ0) is 9.07. The van der Waals surface area contributed by atoms with Crippen molar-refractivity contribution in [1.29, 1.82) is 0 Å². The van der Waals surface area contributed by atoms with E-state index in [1.807, 2.05) is 13.8 Å². The molecule has 0 saturated heterocycles. The second-order valence-electron chi connectivity index (χ2n) is 2.67. The van der Waals surface area contributed by atoms with Crippen LogP contribution in [0.1, 0.15) is 27.2 Å². The second kappa shape index (κ2) is 4.07. The molecule has 0 saturated carbocycles. The standard InChI is InChI=1S/C7H17NO2S/c1-5-7(3)8(4)11(9,10)6-2/h7H,5-6H2,1-4H3. The third-order valence-electron chi connectivity index (χ3n) is 2.02. The van der Waals surface area contributed by atoms with E-state index in [4.69, 9.17) is 0 Å². The fourth-order valence-corrected chi connectivity index (χ4v) is 1.84. The van der Waals surface area contributed by atoms with Crippen LogP contribution in [0.15, 0.2) is 0 Å². The Bertz CT molecular complexity index is 198. The van der Waals surface area contributed by atoms with Crippen molar-refractivity contribution in [3.8, 4) is 0 Å². The van der Waals surface area contributed by atoms with Crippen LogP contribution in [0.2, 0.25) is 0 Å². The Morgan fingerprint density at radius 2 is 1.82 bits per heavy atom. The van der Waals surface area contributed by atoms with Crippen molar-refractivity contribution in [3.05, 3.63) is 0 Å². The largest absolute Gasteiger partial charge is 0.213 e. The van der Waals surface area contributed by atoms with Crippen LogP contribution in [-0.4, -0.2) is 31.6 Å². The fourth-order valence-electron chi connectivity index (χ4n) is 0.735. The van der Waals surface area contributed by atoms with Crippen molar-refractivity contribution >= 4 is 10.0 Å². The van der Waals surface area contributed by atoms with E-state index in [1.54, 1.807) is 14.0 Å². The quantitative estimate of drug-likeness (QED) is 0.647. The molecule has 11 heavy (non-hydrogen) atoms. The summed E-state index contributed by atoms with van der Waals surface area (Å²) in [6.07, 6.45) is 0.857. The van der Waals surface area contributed by atoms with Gasteiger partial charge in [-0.05, 0) is 20.3 Å². The Kier molecular flexibility index (Phi) is 4.03. The molecule has 0 aromatic carbocycles. The number of nitrogens with zero attached hydrogens (tertiary/aromatic N) is 1. The smallest absolute Gasteiger partial charge is 0.212 e. The molecule has 0 spiro atoms. The monoisotopic (exact) mass is 179 g/mol. The highest BCUT2D eigenvalue weighted by Crippen LogP contribution is 2.06. The summed E-state index contributed by atoms with van der Waals surface area (Å²) >= 11 is 0.